The number of nitrogens with one attached hydrogen (secondary N) is 1. The van der Waals surface area contributed by atoms with Gasteiger partial charge in [0.05, 0.1) is 17.2 Å². The standard InChI is InChI=1S/C15H18ClN3O2S/c16-10-5-1-4-8-13(10)21-9-14-17-18-15(22)19(14)11-6-2-3-7-12(11)20/h1,4-5,8,11-12,20H,2-3,6-7,9H2,(H,18,22)/t11-,12-/m1/s1. The average Bonchev–Trinajstić information content (AvgIpc) is 2.88. The van der Waals surface area contributed by atoms with Crippen molar-refractivity contribution in [2.24, 2.45) is 0 Å². The van der Waals surface area contributed by atoms with Gasteiger partial charge in [0.2, 0.25) is 0 Å². The normalized spacial score (nSPS) is 21.7. The topological polar surface area (TPSA) is 63.1 Å². The van der Waals surface area contributed by atoms with Crippen LogP contribution in [0.2, 0.25) is 5.02 Å². The quantitative estimate of drug-likeness (QED) is 0.835. The lowest BCUT2D eigenvalue weighted by Gasteiger charge is -2.29. The summed E-state index contributed by atoms with van der Waals surface area (Å²) in [6, 6.07) is 7.26. The molecule has 1 aliphatic rings. The minimum absolute atomic E-state index is 0.0372. The van der Waals surface area contributed by atoms with E-state index in [1.54, 1.807) is 6.07 Å². The Hall–Kier alpha value is -1.37. The second kappa shape index (κ2) is 6.81. The number of aromatic amines is 1. The first-order valence-electron chi connectivity index (χ1n) is 7.38. The van der Waals surface area contributed by atoms with Crippen LogP contribution in [0.25, 0.3) is 0 Å². The summed E-state index contributed by atoms with van der Waals surface area (Å²) >= 11 is 11.4. The van der Waals surface area contributed by atoms with Crippen LogP contribution in [0.1, 0.15) is 37.5 Å². The van der Waals surface area contributed by atoms with Crippen molar-refractivity contribution in [3.05, 3.63) is 39.9 Å². The fourth-order valence-corrected chi connectivity index (χ4v) is 3.35. The lowest BCUT2D eigenvalue weighted by Crippen LogP contribution is -2.29. The van der Waals surface area contributed by atoms with Crippen LogP contribution in [0.4, 0.5) is 0 Å². The van der Waals surface area contributed by atoms with Gasteiger partial charge in [-0.2, -0.15) is 5.10 Å². The molecule has 0 saturated heterocycles. The number of para-hydroxylation sites is 1. The number of nitrogens with zero attached hydrogens (tertiary/aromatic N) is 2. The van der Waals surface area contributed by atoms with Gasteiger partial charge in [-0.15, -0.1) is 0 Å². The average molecular weight is 340 g/mol. The minimum atomic E-state index is -0.392. The number of hydrogen-bond acceptors (Lipinski definition) is 4. The number of H-pyrrole nitrogens is 1. The van der Waals surface area contributed by atoms with Gasteiger partial charge in [0.25, 0.3) is 0 Å². The number of aromatic nitrogens is 3. The zero-order valence-electron chi connectivity index (χ0n) is 12.0. The van der Waals surface area contributed by atoms with Crippen molar-refractivity contribution in [1.29, 1.82) is 0 Å². The van der Waals surface area contributed by atoms with Crippen molar-refractivity contribution in [3.8, 4) is 5.75 Å². The second-order valence-corrected chi connectivity index (χ2v) is 6.25. The van der Waals surface area contributed by atoms with Crippen LogP contribution >= 0.6 is 23.8 Å². The zero-order chi connectivity index (χ0) is 15.5. The van der Waals surface area contributed by atoms with Crippen LogP contribution in [0.3, 0.4) is 0 Å². The van der Waals surface area contributed by atoms with Crippen molar-refractivity contribution >= 4 is 23.8 Å². The van der Waals surface area contributed by atoms with E-state index in [-0.39, 0.29) is 12.6 Å². The maximum absolute atomic E-state index is 10.2. The Morgan fingerprint density at radius 2 is 2.14 bits per heavy atom. The highest BCUT2D eigenvalue weighted by atomic mass is 35.5. The summed E-state index contributed by atoms with van der Waals surface area (Å²) in [5.41, 5.74) is 0. The van der Waals surface area contributed by atoms with Gasteiger partial charge in [0.15, 0.2) is 10.6 Å². The molecule has 5 nitrogen and oxygen atoms in total. The predicted molar refractivity (Wildman–Crippen MR) is 86.7 cm³/mol. The number of ether oxygens (including phenoxy) is 1. The van der Waals surface area contributed by atoms with Gasteiger partial charge >= 0.3 is 0 Å². The van der Waals surface area contributed by atoms with Crippen molar-refractivity contribution in [3.63, 3.8) is 0 Å². The van der Waals surface area contributed by atoms with Crippen LogP contribution < -0.4 is 4.74 Å². The molecular weight excluding hydrogens is 322 g/mol. The highest BCUT2D eigenvalue weighted by Crippen LogP contribution is 2.30. The molecule has 0 unspecified atom stereocenters. The van der Waals surface area contributed by atoms with E-state index in [2.05, 4.69) is 10.2 Å². The molecule has 1 aromatic carbocycles. The molecule has 1 heterocycles. The summed E-state index contributed by atoms with van der Waals surface area (Å²) in [7, 11) is 0. The number of aliphatic hydroxyl groups excluding tert-OH is 1. The van der Waals surface area contributed by atoms with Gasteiger partial charge in [-0.25, -0.2) is 0 Å². The molecular formula is C15H18ClN3O2S. The van der Waals surface area contributed by atoms with Gasteiger partial charge in [0.1, 0.15) is 12.4 Å². The lowest BCUT2D eigenvalue weighted by atomic mass is 9.92. The molecule has 0 aliphatic heterocycles. The molecule has 118 valence electrons. The number of hydrogen-bond donors (Lipinski definition) is 2. The molecule has 1 aliphatic carbocycles. The number of halogens is 1. The molecule has 2 atom stereocenters. The van der Waals surface area contributed by atoms with Gasteiger partial charge < -0.3 is 9.84 Å². The lowest BCUT2D eigenvalue weighted by molar-refractivity contribution is 0.0715. The van der Waals surface area contributed by atoms with E-state index >= 15 is 0 Å². The Bertz CT molecular complexity index is 700. The molecule has 0 amide bonds. The SMILES string of the molecule is O[C@@H]1CCCC[C@H]1n1c(COc2ccccc2Cl)n[nH]c1=S. The molecule has 1 fully saturated rings. The fourth-order valence-electron chi connectivity index (χ4n) is 2.88. The molecule has 1 saturated carbocycles. The third-order valence-electron chi connectivity index (χ3n) is 4.00. The summed E-state index contributed by atoms with van der Waals surface area (Å²) in [5, 5.41) is 17.8. The van der Waals surface area contributed by atoms with Crippen LogP contribution in [-0.4, -0.2) is 26.0 Å². The Kier molecular flexibility index (Phi) is 4.81. The second-order valence-electron chi connectivity index (χ2n) is 5.45. The zero-order valence-corrected chi connectivity index (χ0v) is 13.6. The first-order valence-corrected chi connectivity index (χ1v) is 8.16. The summed E-state index contributed by atoms with van der Waals surface area (Å²) in [6.07, 6.45) is 3.43. The van der Waals surface area contributed by atoms with Crippen molar-refractivity contribution < 1.29 is 9.84 Å². The van der Waals surface area contributed by atoms with E-state index in [0.717, 1.165) is 25.7 Å². The minimum Gasteiger partial charge on any atom is -0.484 e. The van der Waals surface area contributed by atoms with Crippen LogP contribution in [0.15, 0.2) is 24.3 Å². The summed E-state index contributed by atoms with van der Waals surface area (Å²) in [6.45, 7) is 0.250. The first-order chi connectivity index (χ1) is 10.7. The highest BCUT2D eigenvalue weighted by molar-refractivity contribution is 7.71. The third-order valence-corrected chi connectivity index (χ3v) is 4.60. The Morgan fingerprint density at radius 3 is 2.91 bits per heavy atom. The van der Waals surface area contributed by atoms with Crippen molar-refractivity contribution in [1.82, 2.24) is 14.8 Å². The van der Waals surface area contributed by atoms with Crippen LogP contribution in [0.5, 0.6) is 5.75 Å². The third kappa shape index (κ3) is 3.19. The van der Waals surface area contributed by atoms with Crippen molar-refractivity contribution in [2.75, 3.05) is 0 Å². The molecule has 2 aromatic rings. The van der Waals surface area contributed by atoms with E-state index in [1.807, 2.05) is 22.8 Å². The van der Waals surface area contributed by atoms with E-state index in [0.29, 0.717) is 21.4 Å². The number of benzene rings is 1. The van der Waals surface area contributed by atoms with Gasteiger partial charge in [-0.1, -0.05) is 36.6 Å². The molecule has 2 N–H and O–H groups in total. The molecule has 3 rings (SSSR count). The smallest absolute Gasteiger partial charge is 0.195 e. The number of rotatable bonds is 4. The van der Waals surface area contributed by atoms with E-state index in [4.69, 9.17) is 28.6 Å². The predicted octanol–water partition coefficient (Wildman–Crippen LogP) is 3.65. The molecule has 1 aromatic heterocycles. The molecule has 7 heteroatoms. The molecule has 0 bridgehead atoms. The fraction of sp³-hybridized carbons (Fsp3) is 0.467. The molecule has 0 spiro atoms. The summed E-state index contributed by atoms with van der Waals surface area (Å²) in [5.74, 6) is 1.28. The van der Waals surface area contributed by atoms with E-state index < -0.39 is 6.10 Å². The first kappa shape index (κ1) is 15.5. The highest BCUT2D eigenvalue weighted by Gasteiger charge is 2.27. The van der Waals surface area contributed by atoms with Gasteiger partial charge in [-0.05, 0) is 37.2 Å². The summed E-state index contributed by atoms with van der Waals surface area (Å²) in [4.78, 5) is 0. The molecule has 22 heavy (non-hydrogen) atoms. The number of aliphatic hydroxyl groups is 1. The molecule has 0 radical (unpaired) electrons. The van der Waals surface area contributed by atoms with Crippen LogP contribution in [-0.2, 0) is 6.61 Å². The van der Waals surface area contributed by atoms with Crippen molar-refractivity contribution in [2.45, 2.75) is 44.4 Å². The maximum atomic E-state index is 10.2. The summed E-state index contributed by atoms with van der Waals surface area (Å²) < 4.78 is 8.14. The largest absolute Gasteiger partial charge is 0.484 e. The maximum Gasteiger partial charge on any atom is 0.195 e. The Morgan fingerprint density at radius 1 is 1.36 bits per heavy atom. The van der Waals surface area contributed by atoms with Gasteiger partial charge in [0, 0.05) is 0 Å². The Balaban J connectivity index is 1.80. The van der Waals surface area contributed by atoms with E-state index in [9.17, 15) is 5.11 Å². The van der Waals surface area contributed by atoms with Gasteiger partial charge in [-0.3, -0.25) is 9.67 Å². The van der Waals surface area contributed by atoms with E-state index in [1.165, 1.54) is 0 Å². The Labute approximate surface area is 138 Å². The monoisotopic (exact) mass is 339 g/mol. The van der Waals surface area contributed by atoms with Crippen LogP contribution in [0, 0.1) is 4.77 Å².